The summed E-state index contributed by atoms with van der Waals surface area (Å²) in [6, 6.07) is 18.5. The Labute approximate surface area is 101 Å². The van der Waals surface area contributed by atoms with E-state index in [0.29, 0.717) is 0 Å². The average molecular weight is 233 g/mol. The normalized spacial score (nSPS) is 10.3. The number of rotatable bonds is 4. The molecule has 2 aromatic carbocycles. The maximum absolute atomic E-state index is 6.09. The van der Waals surface area contributed by atoms with E-state index in [2.05, 4.69) is 35.6 Å². The zero-order chi connectivity index (χ0) is 11.2. The van der Waals surface area contributed by atoms with Crippen LogP contribution in [0.3, 0.4) is 0 Å². The van der Waals surface area contributed by atoms with Crippen molar-refractivity contribution in [3.05, 3.63) is 70.7 Å². The van der Waals surface area contributed by atoms with Crippen LogP contribution in [0.4, 0.5) is 0 Å². The van der Waals surface area contributed by atoms with E-state index in [1.165, 1.54) is 11.1 Å². The van der Waals surface area contributed by atoms with Crippen LogP contribution in [0.1, 0.15) is 11.1 Å². The molecule has 2 N–H and O–H groups in total. The molecule has 0 saturated heterocycles. The third-order valence-corrected chi connectivity index (χ3v) is 2.91. The highest BCUT2D eigenvalue weighted by atomic mass is 35.5. The molecular weight excluding hydrogens is 218 g/mol. The SMILES string of the molecule is Clc1ccccc1C[NH2+]Cc1ccccc1. The summed E-state index contributed by atoms with van der Waals surface area (Å²) >= 11 is 6.09. The van der Waals surface area contributed by atoms with Gasteiger partial charge in [0.25, 0.3) is 0 Å². The number of halogens is 1. The van der Waals surface area contributed by atoms with Gasteiger partial charge in [-0.05, 0) is 6.07 Å². The maximum atomic E-state index is 6.09. The predicted octanol–water partition coefficient (Wildman–Crippen LogP) is 2.60. The molecule has 16 heavy (non-hydrogen) atoms. The highest BCUT2D eigenvalue weighted by molar-refractivity contribution is 6.31. The molecule has 0 radical (unpaired) electrons. The second kappa shape index (κ2) is 5.69. The van der Waals surface area contributed by atoms with E-state index in [1.807, 2.05) is 24.3 Å². The van der Waals surface area contributed by atoms with Gasteiger partial charge in [-0.2, -0.15) is 0 Å². The quantitative estimate of drug-likeness (QED) is 0.835. The van der Waals surface area contributed by atoms with Crippen molar-refractivity contribution in [2.45, 2.75) is 13.1 Å². The fraction of sp³-hybridized carbons (Fsp3) is 0.143. The van der Waals surface area contributed by atoms with Crippen LogP contribution in [0.25, 0.3) is 0 Å². The van der Waals surface area contributed by atoms with Gasteiger partial charge in [0.05, 0.1) is 0 Å². The Hall–Kier alpha value is -1.31. The third kappa shape index (κ3) is 3.09. The van der Waals surface area contributed by atoms with Gasteiger partial charge in [-0.1, -0.05) is 60.1 Å². The minimum Gasteiger partial charge on any atom is -0.339 e. The first-order valence-electron chi connectivity index (χ1n) is 5.45. The van der Waals surface area contributed by atoms with Crippen LogP contribution >= 0.6 is 11.6 Å². The Bertz CT molecular complexity index is 439. The molecule has 0 aliphatic carbocycles. The molecule has 2 aromatic rings. The first-order chi connectivity index (χ1) is 7.86. The largest absolute Gasteiger partial charge is 0.339 e. The summed E-state index contributed by atoms with van der Waals surface area (Å²) in [6.07, 6.45) is 0. The fourth-order valence-corrected chi connectivity index (χ4v) is 1.89. The second-order valence-corrected chi connectivity index (χ2v) is 4.18. The van der Waals surface area contributed by atoms with Crippen LogP contribution in [0, 0.1) is 0 Å². The van der Waals surface area contributed by atoms with Crippen LogP contribution in [0.2, 0.25) is 5.02 Å². The van der Waals surface area contributed by atoms with Gasteiger partial charge in [-0.3, -0.25) is 0 Å². The Morgan fingerprint density at radius 2 is 1.50 bits per heavy atom. The van der Waals surface area contributed by atoms with Crippen molar-refractivity contribution < 1.29 is 5.32 Å². The van der Waals surface area contributed by atoms with E-state index < -0.39 is 0 Å². The zero-order valence-electron chi connectivity index (χ0n) is 9.07. The molecule has 0 aliphatic heterocycles. The van der Waals surface area contributed by atoms with Gasteiger partial charge in [0, 0.05) is 16.1 Å². The molecule has 0 spiro atoms. The van der Waals surface area contributed by atoms with Crippen LogP contribution in [0.15, 0.2) is 54.6 Å². The summed E-state index contributed by atoms with van der Waals surface area (Å²) in [6.45, 7) is 1.92. The van der Waals surface area contributed by atoms with Crippen molar-refractivity contribution in [3.63, 3.8) is 0 Å². The van der Waals surface area contributed by atoms with Crippen molar-refractivity contribution in [1.29, 1.82) is 0 Å². The molecule has 0 unspecified atom stereocenters. The summed E-state index contributed by atoms with van der Waals surface area (Å²) in [5.74, 6) is 0. The molecule has 0 saturated carbocycles. The van der Waals surface area contributed by atoms with Crippen LogP contribution in [-0.2, 0) is 13.1 Å². The van der Waals surface area contributed by atoms with Gasteiger partial charge in [-0.15, -0.1) is 0 Å². The molecule has 0 aliphatic rings. The fourth-order valence-electron chi connectivity index (χ4n) is 1.67. The van der Waals surface area contributed by atoms with Gasteiger partial charge in [-0.25, -0.2) is 0 Å². The van der Waals surface area contributed by atoms with Crippen molar-refractivity contribution in [1.82, 2.24) is 0 Å². The van der Waals surface area contributed by atoms with Crippen LogP contribution < -0.4 is 5.32 Å². The first-order valence-corrected chi connectivity index (χ1v) is 5.83. The van der Waals surface area contributed by atoms with Gasteiger partial charge in [0.15, 0.2) is 0 Å². The molecule has 1 nitrogen and oxygen atoms in total. The minimum atomic E-state index is 0.854. The van der Waals surface area contributed by atoms with Gasteiger partial charge >= 0.3 is 0 Å². The van der Waals surface area contributed by atoms with Gasteiger partial charge < -0.3 is 5.32 Å². The molecule has 0 aromatic heterocycles. The van der Waals surface area contributed by atoms with Gasteiger partial charge in [0.2, 0.25) is 0 Å². The third-order valence-electron chi connectivity index (χ3n) is 2.54. The summed E-state index contributed by atoms with van der Waals surface area (Å²) in [4.78, 5) is 0. The summed E-state index contributed by atoms with van der Waals surface area (Å²) in [7, 11) is 0. The van der Waals surface area contributed by atoms with Gasteiger partial charge in [0.1, 0.15) is 13.1 Å². The van der Waals surface area contributed by atoms with E-state index in [-0.39, 0.29) is 0 Å². The van der Waals surface area contributed by atoms with Crippen molar-refractivity contribution in [3.8, 4) is 0 Å². The van der Waals surface area contributed by atoms with Crippen LogP contribution in [-0.4, -0.2) is 0 Å². The molecular formula is C14H15ClN+. The molecule has 0 fully saturated rings. The van der Waals surface area contributed by atoms with E-state index in [9.17, 15) is 0 Å². The molecule has 0 amide bonds. The van der Waals surface area contributed by atoms with E-state index >= 15 is 0 Å². The monoisotopic (exact) mass is 232 g/mol. The minimum absolute atomic E-state index is 0.854. The van der Waals surface area contributed by atoms with Crippen LogP contribution in [0.5, 0.6) is 0 Å². The Morgan fingerprint density at radius 1 is 0.812 bits per heavy atom. The Morgan fingerprint density at radius 3 is 2.25 bits per heavy atom. The molecule has 0 heterocycles. The highest BCUT2D eigenvalue weighted by Gasteiger charge is 2.00. The molecule has 0 atom stereocenters. The summed E-state index contributed by atoms with van der Waals surface area (Å²) in [5.41, 5.74) is 2.54. The predicted molar refractivity (Wildman–Crippen MR) is 67.2 cm³/mol. The zero-order valence-corrected chi connectivity index (χ0v) is 9.82. The van der Waals surface area contributed by atoms with E-state index in [1.54, 1.807) is 0 Å². The number of benzene rings is 2. The molecule has 0 bridgehead atoms. The van der Waals surface area contributed by atoms with E-state index in [0.717, 1.165) is 18.1 Å². The number of quaternary nitrogens is 1. The molecule has 2 rings (SSSR count). The lowest BCUT2D eigenvalue weighted by molar-refractivity contribution is -0.686. The number of hydrogen-bond donors (Lipinski definition) is 1. The topological polar surface area (TPSA) is 16.6 Å². The number of nitrogens with two attached hydrogens (primary N) is 1. The van der Waals surface area contributed by atoms with E-state index in [4.69, 9.17) is 11.6 Å². The van der Waals surface area contributed by atoms with Crippen molar-refractivity contribution in [2.24, 2.45) is 0 Å². The lowest BCUT2D eigenvalue weighted by atomic mass is 10.2. The van der Waals surface area contributed by atoms with Crippen molar-refractivity contribution >= 4 is 11.6 Å². The van der Waals surface area contributed by atoms with Crippen molar-refractivity contribution in [2.75, 3.05) is 0 Å². The molecule has 2 heteroatoms. The Balaban J connectivity index is 1.87. The second-order valence-electron chi connectivity index (χ2n) is 3.77. The number of hydrogen-bond acceptors (Lipinski definition) is 0. The Kier molecular flexibility index (Phi) is 3.97. The average Bonchev–Trinajstić information content (AvgIpc) is 2.33. The smallest absolute Gasteiger partial charge is 0.103 e. The lowest BCUT2D eigenvalue weighted by Gasteiger charge is -2.03. The lowest BCUT2D eigenvalue weighted by Crippen LogP contribution is -2.80. The summed E-state index contributed by atoms with van der Waals surface area (Å²) in [5, 5.41) is 3.11. The highest BCUT2D eigenvalue weighted by Crippen LogP contribution is 2.13. The maximum Gasteiger partial charge on any atom is 0.103 e. The first kappa shape index (κ1) is 11.2. The molecule has 82 valence electrons. The summed E-state index contributed by atoms with van der Waals surface area (Å²) < 4.78 is 0. The standard InChI is InChI=1S/C14H14ClN/c15-14-9-5-4-8-13(14)11-16-10-12-6-2-1-3-7-12/h1-9,16H,10-11H2/p+1.